The van der Waals surface area contributed by atoms with Crippen molar-refractivity contribution in [2.24, 2.45) is 0 Å². The van der Waals surface area contributed by atoms with Crippen LogP contribution in [0.2, 0.25) is 0 Å². The number of thiophene rings is 1. The molecule has 3 aliphatic heterocycles. The molecule has 12 heteroatoms. The Morgan fingerprint density at radius 2 is 0.514 bits per heavy atom. The predicted octanol–water partition coefficient (Wildman–Crippen LogP) is 38.6. The van der Waals surface area contributed by atoms with Crippen molar-refractivity contribution in [3.63, 3.8) is 0 Å². The lowest BCUT2D eigenvalue weighted by Crippen LogP contribution is -2.15. The van der Waals surface area contributed by atoms with Crippen LogP contribution in [0.25, 0.3) is 103 Å². The van der Waals surface area contributed by atoms with Gasteiger partial charge in [-0.1, -0.05) is 297 Å². The first-order valence-electron chi connectivity index (χ1n) is 48.5. The summed E-state index contributed by atoms with van der Waals surface area (Å²) in [5.74, 6) is 5.02. The lowest BCUT2D eigenvalue weighted by Gasteiger charge is -2.33. The maximum atomic E-state index is 6.51. The zero-order valence-electron chi connectivity index (χ0n) is 78.1. The van der Waals surface area contributed by atoms with Crippen molar-refractivity contribution in [2.45, 2.75) is 0 Å². The van der Waals surface area contributed by atoms with Gasteiger partial charge in [-0.2, -0.15) is 0 Å². The number of hydrogen-bond donors (Lipinski definition) is 0. The Bertz CT molecular complexity index is 8730. The van der Waals surface area contributed by atoms with Crippen LogP contribution < -0.4 is 43.6 Å². The molecule has 11 nitrogen and oxygen atoms in total. The molecule has 0 amide bonds. The first kappa shape index (κ1) is 85.3. The van der Waals surface area contributed by atoms with Crippen LogP contribution in [-0.2, 0) is 0 Å². The van der Waals surface area contributed by atoms with Gasteiger partial charge in [-0.3, -0.25) is 0 Å². The summed E-state index contributed by atoms with van der Waals surface area (Å²) in [6.07, 6.45) is 0. The van der Waals surface area contributed by atoms with Gasteiger partial charge in [-0.25, -0.2) is 0 Å². The van der Waals surface area contributed by atoms with E-state index in [1.807, 2.05) is 90.2 Å². The maximum absolute atomic E-state index is 6.51. The van der Waals surface area contributed by atoms with Crippen LogP contribution in [0, 0.1) is 0 Å². The molecule has 0 aliphatic carbocycles. The lowest BCUT2D eigenvalue weighted by atomic mass is 10.0. The minimum absolute atomic E-state index is 0.826. The highest BCUT2D eigenvalue weighted by Gasteiger charge is 2.32. The minimum Gasteiger partial charge on any atom is -0.454 e. The van der Waals surface area contributed by atoms with Gasteiger partial charge in [0.15, 0.2) is 40.1 Å². The van der Waals surface area contributed by atoms with Crippen LogP contribution in [0.1, 0.15) is 0 Å². The van der Waals surface area contributed by atoms with Crippen LogP contribution in [0.15, 0.2) is 544 Å². The second-order valence-corrected chi connectivity index (χ2v) is 36.9. The first-order chi connectivity index (χ1) is 71.4. The topological polar surface area (TPSA) is 65.2 Å². The van der Waals surface area contributed by atoms with Crippen molar-refractivity contribution in [2.75, 3.05) is 29.4 Å². The van der Waals surface area contributed by atoms with E-state index in [0.717, 1.165) is 192 Å². The van der Waals surface area contributed by atoms with Crippen LogP contribution in [0.5, 0.6) is 34.5 Å². The lowest BCUT2D eigenvalue weighted by molar-refractivity contribution is 0.477. The molecule has 0 saturated carbocycles. The Labute approximate surface area is 837 Å². The number of hydrogen-bond acceptors (Lipinski definition) is 11. The van der Waals surface area contributed by atoms with Crippen molar-refractivity contribution in [3.8, 4) is 73.6 Å². The zero-order chi connectivity index (χ0) is 95.3. The second-order valence-electron chi connectivity index (χ2n) is 35.8. The molecule has 682 valence electrons. The van der Waals surface area contributed by atoms with Gasteiger partial charge in [0.05, 0.1) is 61.2 Å². The molecular weight excluding hydrogens is 1780 g/mol. The highest BCUT2D eigenvalue weighted by molar-refractivity contribution is 7.26. The SMILES string of the molecule is c1ccc(N(c2ccc(-c3ccc4c(c3)Oc3ccccc3N4c3ccccc3)cc2)c2ccc3c(c2)c2ccccc2n3-c2ccccc2)cc1.c1ccc(N2c3ccccc3Oc3cc(-c4ccc(N(c5ccccc5)c5cccc6c5oc5ccccc56)cc4)ccc32)cc1.c1ccc(N2c3ccccc3Oc3cc(-c4ccc(N(c5ccccc5)c5cccc6c5sc5ccccc56)cc4)ccc32)cc1. The fraction of sp³-hybridized carbons (Fsp3) is 0. The van der Waals surface area contributed by atoms with E-state index < -0.39 is 0 Å². The molecule has 0 saturated heterocycles. The first-order valence-corrected chi connectivity index (χ1v) is 49.3. The summed E-state index contributed by atoms with van der Waals surface area (Å²) in [7, 11) is 0. The Hall–Kier alpha value is -19.1. The number of aromatic nitrogens is 1. The molecule has 0 N–H and O–H groups in total. The average molecular weight is 1870 g/mol. The van der Waals surface area contributed by atoms with Crippen molar-refractivity contribution in [3.05, 3.63) is 540 Å². The summed E-state index contributed by atoms with van der Waals surface area (Å²) < 4.78 is 30.9. The summed E-state index contributed by atoms with van der Waals surface area (Å²) in [4.78, 5) is 13.8. The molecule has 0 atom stereocenters. The van der Waals surface area contributed by atoms with Gasteiger partial charge in [0.1, 0.15) is 5.58 Å². The number of benzene rings is 22. The maximum Gasteiger partial charge on any atom is 0.159 e. The number of rotatable bonds is 16. The standard InChI is InChI=1S/C48H33N3O.C42H28N2O2.C42H28N2OS/c1-4-14-36(15-5-1)49(40-29-31-44-42(33-40)41-20-10-11-21-43(41)50(44)37-16-6-2-7-17-37)39-27-24-34(25-28-39)35-26-30-46-48(32-35)52-47-23-13-12-22-45(47)51(46)38-18-8-3-9-19-38;1-3-12-31(13-4-1)43(38-19-11-17-35-34-16-7-9-20-39(34)46-42(35)38)33-25-22-29(23-26-33)30-24-27-37-41(28-30)45-40-21-10-8-18-36(40)44(37)32-14-5-2-6-15-32;1-3-12-31(13-4-1)43(38-19-11-17-35-34-16-7-10-21-41(34)46-42(35)38)33-25-22-29(23-26-33)30-24-27-37-40(28-30)45-39-20-9-8-18-36(39)44(37)32-14-5-2-6-15-32/h1-33H;2*1-28H. The number of ether oxygens (including phenoxy) is 3. The van der Waals surface area contributed by atoms with E-state index in [1.54, 1.807) is 0 Å². The minimum atomic E-state index is 0.826. The fourth-order valence-electron chi connectivity index (χ4n) is 20.6. The molecule has 0 unspecified atom stereocenters. The third-order valence-corrected chi connectivity index (χ3v) is 28.4. The van der Waals surface area contributed by atoms with Gasteiger partial charge in [0.25, 0.3) is 0 Å². The van der Waals surface area contributed by atoms with Crippen molar-refractivity contribution in [1.82, 2.24) is 4.57 Å². The molecule has 22 aromatic carbocycles. The normalized spacial score (nSPS) is 12.0. The van der Waals surface area contributed by atoms with Gasteiger partial charge in [0, 0.05) is 99.6 Å². The van der Waals surface area contributed by atoms with E-state index in [9.17, 15) is 0 Å². The van der Waals surface area contributed by atoms with Gasteiger partial charge in [-0.05, 0) is 276 Å². The quantitative estimate of drug-likeness (QED) is 0.0935. The van der Waals surface area contributed by atoms with Gasteiger partial charge in [0.2, 0.25) is 0 Å². The Balaban J connectivity index is 0.000000110. The highest BCUT2D eigenvalue weighted by atomic mass is 32.1. The van der Waals surface area contributed by atoms with Crippen molar-refractivity contribution < 1.29 is 18.6 Å². The van der Waals surface area contributed by atoms with E-state index in [0.29, 0.717) is 0 Å². The molecule has 0 spiro atoms. The molecule has 0 radical (unpaired) electrons. The van der Waals surface area contributed by atoms with Crippen LogP contribution in [0.4, 0.5) is 102 Å². The number of nitrogens with zero attached hydrogens (tertiary/aromatic N) is 7. The smallest absolute Gasteiger partial charge is 0.159 e. The van der Waals surface area contributed by atoms with Crippen molar-refractivity contribution in [1.29, 1.82) is 0 Å². The third-order valence-electron chi connectivity index (χ3n) is 27.2. The summed E-state index contributed by atoms with van der Waals surface area (Å²) in [6.45, 7) is 0. The zero-order valence-corrected chi connectivity index (χ0v) is 78.9. The predicted molar refractivity (Wildman–Crippen MR) is 598 cm³/mol. The van der Waals surface area contributed by atoms with Crippen LogP contribution in [-0.4, -0.2) is 4.57 Å². The molecule has 0 fully saturated rings. The van der Waals surface area contributed by atoms with E-state index in [4.69, 9.17) is 18.6 Å². The molecule has 3 aromatic heterocycles. The molecule has 0 bridgehead atoms. The van der Waals surface area contributed by atoms with E-state index in [1.165, 1.54) is 47.7 Å². The molecule has 28 rings (SSSR count). The highest BCUT2D eigenvalue weighted by Crippen LogP contribution is 2.57. The third kappa shape index (κ3) is 15.7. The summed E-state index contributed by atoms with van der Waals surface area (Å²) in [5.41, 5.74) is 31.2. The van der Waals surface area contributed by atoms with Crippen LogP contribution in [0.3, 0.4) is 0 Å². The summed E-state index contributed by atoms with van der Waals surface area (Å²) in [6, 6.07) is 190. The fourth-order valence-corrected chi connectivity index (χ4v) is 21.8. The largest absolute Gasteiger partial charge is 0.454 e. The number of anilines is 18. The molecular formula is C132H89N7O4S. The van der Waals surface area contributed by atoms with Gasteiger partial charge < -0.3 is 52.6 Å². The molecule has 25 aromatic rings. The van der Waals surface area contributed by atoms with E-state index in [-0.39, 0.29) is 0 Å². The molecule has 3 aliphatic rings. The summed E-state index contributed by atoms with van der Waals surface area (Å²) >= 11 is 1.85. The molecule has 144 heavy (non-hydrogen) atoms. The Morgan fingerprint density at radius 3 is 0.986 bits per heavy atom. The summed E-state index contributed by atoms with van der Waals surface area (Å²) in [5, 5.41) is 7.26. The van der Waals surface area contributed by atoms with Gasteiger partial charge in [-0.15, -0.1) is 11.3 Å². The number of para-hydroxylation sites is 16. The van der Waals surface area contributed by atoms with Crippen LogP contribution >= 0.6 is 11.3 Å². The molecule has 6 heterocycles. The number of furan rings is 1. The van der Waals surface area contributed by atoms with E-state index >= 15 is 0 Å². The van der Waals surface area contributed by atoms with Crippen molar-refractivity contribution >= 4 is 178 Å². The van der Waals surface area contributed by atoms with Gasteiger partial charge >= 0.3 is 0 Å². The second kappa shape index (κ2) is 37.0. The Kier molecular flexibility index (Phi) is 21.9. The monoisotopic (exact) mass is 1870 g/mol. The van der Waals surface area contributed by atoms with E-state index in [2.05, 4.69) is 495 Å². The number of fused-ring (bicyclic) bond motifs is 15. The average Bonchev–Trinajstić information content (AvgIpc) is 1.51. The Morgan fingerprint density at radius 1 is 0.188 bits per heavy atom.